The molecule has 3 aromatic rings. The number of fused-ring (bicyclic) bond motifs is 3. The molecule has 1 saturated heterocycles. The molecule has 172 valence electrons. The van der Waals surface area contributed by atoms with Crippen LogP contribution < -0.4 is 9.47 Å². The van der Waals surface area contributed by atoms with Gasteiger partial charge < -0.3 is 14.4 Å². The Hall–Kier alpha value is -4.55. The summed E-state index contributed by atoms with van der Waals surface area (Å²) in [4.78, 5) is 16.0. The van der Waals surface area contributed by atoms with E-state index in [0.717, 1.165) is 11.1 Å². The average Bonchev–Trinajstić information content (AvgIpc) is 3.23. The zero-order valence-corrected chi connectivity index (χ0v) is 19.4. The maximum absolute atomic E-state index is 14.1. The maximum Gasteiger partial charge on any atom is 0.185 e. The smallest absolute Gasteiger partial charge is 0.185 e. The first-order chi connectivity index (χ1) is 17.1. The predicted molar refractivity (Wildman–Crippen MR) is 131 cm³/mol. The second-order valence-electron chi connectivity index (χ2n) is 8.69. The SMILES string of the molecule is COc1cc(OC)cc([C@@H]2[C@@H](C(=O)c3ccccc3)N3C=Cc4ccccc4[C@@H]3C2(C#N)C#N)c1. The van der Waals surface area contributed by atoms with Crippen molar-refractivity contribution in [2.45, 2.75) is 18.0 Å². The molecule has 3 aromatic carbocycles. The number of benzene rings is 3. The summed E-state index contributed by atoms with van der Waals surface area (Å²) < 4.78 is 11.0. The lowest BCUT2D eigenvalue weighted by molar-refractivity contribution is 0.0874. The number of Topliss-reactive ketones (excluding diaryl/α,β-unsaturated/α-hetero) is 1. The first kappa shape index (κ1) is 22.3. The number of hydrogen-bond donors (Lipinski definition) is 0. The fourth-order valence-electron chi connectivity index (χ4n) is 5.45. The Kier molecular flexibility index (Phi) is 5.51. The van der Waals surface area contributed by atoms with Crippen molar-refractivity contribution in [3.05, 3.63) is 101 Å². The number of ether oxygens (including phenoxy) is 2. The van der Waals surface area contributed by atoms with Crippen LogP contribution >= 0.6 is 0 Å². The summed E-state index contributed by atoms with van der Waals surface area (Å²) in [5.74, 6) is 0.125. The highest BCUT2D eigenvalue weighted by molar-refractivity contribution is 6.01. The first-order valence-corrected chi connectivity index (χ1v) is 11.3. The van der Waals surface area contributed by atoms with Crippen LogP contribution in [-0.2, 0) is 0 Å². The quantitative estimate of drug-likeness (QED) is 0.491. The molecule has 2 heterocycles. The fourth-order valence-corrected chi connectivity index (χ4v) is 5.45. The third kappa shape index (κ3) is 3.34. The monoisotopic (exact) mass is 461 g/mol. The van der Waals surface area contributed by atoms with Crippen LogP contribution in [0.1, 0.15) is 39.0 Å². The van der Waals surface area contributed by atoms with Crippen molar-refractivity contribution in [1.29, 1.82) is 10.5 Å². The predicted octanol–water partition coefficient (Wildman–Crippen LogP) is 5.11. The topological polar surface area (TPSA) is 86.3 Å². The highest BCUT2D eigenvalue weighted by atomic mass is 16.5. The van der Waals surface area contributed by atoms with Crippen molar-refractivity contribution in [1.82, 2.24) is 4.90 Å². The van der Waals surface area contributed by atoms with Crippen LogP contribution in [0.25, 0.3) is 6.08 Å². The molecule has 0 radical (unpaired) electrons. The maximum atomic E-state index is 14.1. The molecule has 5 rings (SSSR count). The van der Waals surface area contributed by atoms with Crippen LogP contribution in [0.4, 0.5) is 0 Å². The Morgan fingerprint density at radius 1 is 0.914 bits per heavy atom. The van der Waals surface area contributed by atoms with Gasteiger partial charge in [-0.25, -0.2) is 0 Å². The molecule has 0 aromatic heterocycles. The van der Waals surface area contributed by atoms with Gasteiger partial charge in [-0.2, -0.15) is 10.5 Å². The van der Waals surface area contributed by atoms with E-state index in [2.05, 4.69) is 12.1 Å². The molecule has 1 fully saturated rings. The van der Waals surface area contributed by atoms with Crippen molar-refractivity contribution in [2.24, 2.45) is 5.41 Å². The van der Waals surface area contributed by atoms with E-state index in [1.807, 2.05) is 59.6 Å². The van der Waals surface area contributed by atoms with Crippen molar-refractivity contribution in [3.8, 4) is 23.6 Å². The van der Waals surface area contributed by atoms with Crippen LogP contribution in [0.3, 0.4) is 0 Å². The van der Waals surface area contributed by atoms with Crippen molar-refractivity contribution >= 4 is 11.9 Å². The molecule has 0 saturated carbocycles. The standard InChI is InChI=1S/C29H23N3O3/c1-34-22-14-21(15-23(16-22)35-2)25-26(27(33)20-9-4-3-5-10-20)32-13-12-19-8-6-7-11-24(19)28(32)29(25,17-30)18-31/h3-16,25-26,28H,1-2H3/t25-,26+,28-/m1/s1. The number of nitriles is 2. The second kappa shape index (κ2) is 8.66. The largest absolute Gasteiger partial charge is 0.497 e. The second-order valence-corrected chi connectivity index (χ2v) is 8.69. The summed E-state index contributed by atoms with van der Waals surface area (Å²) in [5, 5.41) is 21.3. The average molecular weight is 462 g/mol. The van der Waals surface area contributed by atoms with E-state index in [-0.39, 0.29) is 5.78 Å². The molecule has 0 amide bonds. The molecule has 0 bridgehead atoms. The minimum absolute atomic E-state index is 0.154. The number of nitrogens with zero attached hydrogens (tertiary/aromatic N) is 3. The number of methoxy groups -OCH3 is 2. The van der Waals surface area contributed by atoms with Gasteiger partial charge in [-0.3, -0.25) is 4.79 Å². The van der Waals surface area contributed by atoms with E-state index in [1.165, 1.54) is 0 Å². The summed E-state index contributed by atoms with van der Waals surface area (Å²) in [6, 6.07) is 25.3. The van der Waals surface area contributed by atoms with Crippen LogP contribution in [0.15, 0.2) is 79.0 Å². The molecule has 0 unspecified atom stereocenters. The molecule has 3 atom stereocenters. The number of carbonyl (C=O) groups excluding carboxylic acids is 1. The van der Waals surface area contributed by atoms with E-state index in [9.17, 15) is 15.3 Å². The highest BCUT2D eigenvalue weighted by Gasteiger charge is 2.64. The minimum atomic E-state index is -1.55. The molecule has 6 heteroatoms. The van der Waals surface area contributed by atoms with Crippen LogP contribution in [0, 0.1) is 28.1 Å². The van der Waals surface area contributed by atoms with Gasteiger partial charge in [0.05, 0.1) is 32.4 Å². The Balaban J connectivity index is 1.80. The first-order valence-electron chi connectivity index (χ1n) is 11.3. The van der Waals surface area contributed by atoms with Crippen LogP contribution in [0.5, 0.6) is 11.5 Å². The number of rotatable bonds is 5. The molecule has 0 N–H and O–H groups in total. The van der Waals surface area contributed by atoms with E-state index >= 15 is 0 Å². The van der Waals surface area contributed by atoms with E-state index < -0.39 is 23.4 Å². The summed E-state index contributed by atoms with van der Waals surface area (Å²) >= 11 is 0. The van der Waals surface area contributed by atoms with Crippen molar-refractivity contribution < 1.29 is 14.3 Å². The lowest BCUT2D eigenvalue weighted by Gasteiger charge is -2.34. The van der Waals surface area contributed by atoms with E-state index in [4.69, 9.17) is 9.47 Å². The van der Waals surface area contributed by atoms with Gasteiger partial charge in [0.25, 0.3) is 0 Å². The normalized spacial score (nSPS) is 21.3. The Labute approximate surface area is 204 Å². The molecule has 6 nitrogen and oxygen atoms in total. The van der Waals surface area contributed by atoms with Gasteiger partial charge in [0, 0.05) is 23.7 Å². The Morgan fingerprint density at radius 3 is 2.17 bits per heavy atom. The van der Waals surface area contributed by atoms with Crippen molar-refractivity contribution in [2.75, 3.05) is 14.2 Å². The van der Waals surface area contributed by atoms with Crippen molar-refractivity contribution in [3.63, 3.8) is 0 Å². The lowest BCUT2D eigenvalue weighted by Crippen LogP contribution is -2.37. The van der Waals surface area contributed by atoms with E-state index in [1.54, 1.807) is 44.6 Å². The van der Waals surface area contributed by atoms with E-state index in [0.29, 0.717) is 22.6 Å². The van der Waals surface area contributed by atoms with Gasteiger partial charge in [0.2, 0.25) is 0 Å². The number of carbonyl (C=O) groups is 1. The van der Waals surface area contributed by atoms with Gasteiger partial charge in [-0.1, -0.05) is 54.6 Å². The van der Waals surface area contributed by atoms with Gasteiger partial charge in [0.1, 0.15) is 17.5 Å². The number of hydrogen-bond acceptors (Lipinski definition) is 6. The third-order valence-corrected chi connectivity index (χ3v) is 7.00. The van der Waals surface area contributed by atoms with Crippen LogP contribution in [0.2, 0.25) is 0 Å². The number of ketones is 1. The fraction of sp³-hybridized carbons (Fsp3) is 0.207. The molecule has 2 aliphatic rings. The molecule has 35 heavy (non-hydrogen) atoms. The van der Waals surface area contributed by atoms with Gasteiger partial charge in [0.15, 0.2) is 11.2 Å². The van der Waals surface area contributed by atoms with Gasteiger partial charge >= 0.3 is 0 Å². The van der Waals surface area contributed by atoms with Gasteiger partial charge in [-0.05, 0) is 34.9 Å². The summed E-state index contributed by atoms with van der Waals surface area (Å²) in [7, 11) is 3.09. The Morgan fingerprint density at radius 2 is 1.54 bits per heavy atom. The molecule has 0 aliphatic carbocycles. The summed E-state index contributed by atoms with van der Waals surface area (Å²) in [6.07, 6.45) is 3.78. The molecular weight excluding hydrogens is 438 g/mol. The lowest BCUT2D eigenvalue weighted by atomic mass is 9.67. The minimum Gasteiger partial charge on any atom is -0.497 e. The summed E-state index contributed by atoms with van der Waals surface area (Å²) in [6.45, 7) is 0. The highest BCUT2D eigenvalue weighted by Crippen LogP contribution is 2.60. The summed E-state index contributed by atoms with van der Waals surface area (Å²) in [5.41, 5.74) is 1.39. The zero-order chi connectivity index (χ0) is 24.6. The molecule has 2 aliphatic heterocycles. The van der Waals surface area contributed by atoms with Crippen LogP contribution in [-0.4, -0.2) is 30.9 Å². The Bertz CT molecular complexity index is 1360. The molecule has 0 spiro atoms. The van der Waals surface area contributed by atoms with Gasteiger partial charge in [-0.15, -0.1) is 0 Å². The molecular formula is C29H23N3O3. The zero-order valence-electron chi connectivity index (χ0n) is 19.4. The third-order valence-electron chi connectivity index (χ3n) is 7.00.